The van der Waals surface area contributed by atoms with Gasteiger partial charge in [0.1, 0.15) is 11.4 Å². The van der Waals surface area contributed by atoms with Gasteiger partial charge in [-0.25, -0.2) is 27.3 Å². The van der Waals surface area contributed by atoms with Gasteiger partial charge in [0.15, 0.2) is 23.3 Å². The molecule has 0 fully saturated rings. The molecule has 0 unspecified atom stereocenters. The van der Waals surface area contributed by atoms with Crippen LogP contribution in [-0.2, 0) is 9.53 Å². The Morgan fingerprint density at radius 1 is 1.05 bits per heavy atom. The fourth-order valence-electron chi connectivity index (χ4n) is 1.90. The number of carbonyl (C=O) groups excluding carboxylic acids is 1. The summed E-state index contributed by atoms with van der Waals surface area (Å²) in [5.41, 5.74) is 2.70. The lowest BCUT2D eigenvalue weighted by molar-refractivity contribution is -0.148. The number of nitrogens with zero attached hydrogens (tertiary/aromatic N) is 1. The first-order valence-corrected chi connectivity index (χ1v) is 6.18. The topological polar surface area (TPSA) is 64.7 Å². The Hall–Kier alpha value is -2.38. The van der Waals surface area contributed by atoms with Gasteiger partial charge in [-0.1, -0.05) is 0 Å². The summed E-state index contributed by atoms with van der Waals surface area (Å²) < 4.78 is 59.1. The Bertz CT molecular complexity index is 734. The van der Waals surface area contributed by atoms with E-state index in [1.54, 1.807) is 20.8 Å². The summed E-state index contributed by atoms with van der Waals surface area (Å²) in [7, 11) is 0. The summed E-state index contributed by atoms with van der Waals surface area (Å²) in [6.45, 7) is 4.79. The van der Waals surface area contributed by atoms with E-state index < -0.39 is 57.5 Å². The first-order valence-electron chi connectivity index (χ1n) is 6.18. The number of fused-ring (bicyclic) bond motifs is 1. The molecule has 0 aliphatic carbocycles. The highest BCUT2D eigenvalue weighted by Gasteiger charge is 2.33. The molecule has 0 saturated carbocycles. The van der Waals surface area contributed by atoms with Crippen molar-refractivity contribution in [3.05, 3.63) is 40.5 Å². The molecule has 1 aliphatic heterocycles. The SMILES string of the molecule is CC(C)(C)OC(=O)/C=C1\N=C(N)c2c(F)c(F)c(F)c(F)c21. The number of rotatable bonds is 1. The second kappa shape index (κ2) is 5.11. The number of nitrogens with two attached hydrogens (primary N) is 1. The number of amidine groups is 1. The standard InChI is InChI=1S/C14H12F4N2O2/c1-14(2,3)22-6(21)4-5-7-8(13(19)20-5)10(16)12(18)11(17)9(7)15/h4H,1-3H3,(H2,19,20)/b5-4-. The van der Waals surface area contributed by atoms with Crippen LogP contribution in [-0.4, -0.2) is 17.4 Å². The van der Waals surface area contributed by atoms with Crippen molar-refractivity contribution in [2.45, 2.75) is 26.4 Å². The van der Waals surface area contributed by atoms with E-state index in [0.29, 0.717) is 0 Å². The lowest BCUT2D eigenvalue weighted by atomic mass is 10.0. The molecule has 0 amide bonds. The van der Waals surface area contributed by atoms with Gasteiger partial charge in [0.05, 0.1) is 16.8 Å². The van der Waals surface area contributed by atoms with Crippen LogP contribution < -0.4 is 5.73 Å². The maximum absolute atomic E-state index is 13.9. The van der Waals surface area contributed by atoms with Crippen molar-refractivity contribution in [1.82, 2.24) is 0 Å². The first kappa shape index (κ1) is 16.0. The maximum Gasteiger partial charge on any atom is 0.333 e. The number of hydrogen-bond acceptors (Lipinski definition) is 4. The van der Waals surface area contributed by atoms with Gasteiger partial charge in [0.25, 0.3) is 0 Å². The van der Waals surface area contributed by atoms with Gasteiger partial charge in [-0.3, -0.25) is 0 Å². The number of esters is 1. The van der Waals surface area contributed by atoms with Gasteiger partial charge >= 0.3 is 5.97 Å². The highest BCUT2D eigenvalue weighted by Crippen LogP contribution is 2.34. The zero-order chi connectivity index (χ0) is 16.8. The molecule has 1 aromatic carbocycles. The van der Waals surface area contributed by atoms with E-state index in [9.17, 15) is 22.4 Å². The van der Waals surface area contributed by atoms with Gasteiger partial charge in [0, 0.05) is 6.08 Å². The molecule has 0 bridgehead atoms. The summed E-state index contributed by atoms with van der Waals surface area (Å²) in [4.78, 5) is 15.3. The van der Waals surface area contributed by atoms with E-state index in [2.05, 4.69) is 4.99 Å². The van der Waals surface area contributed by atoms with Crippen molar-refractivity contribution in [1.29, 1.82) is 0 Å². The summed E-state index contributed by atoms with van der Waals surface area (Å²) in [5.74, 6) is -8.80. The minimum absolute atomic E-state index is 0.433. The Kier molecular flexibility index (Phi) is 3.72. The fourth-order valence-corrected chi connectivity index (χ4v) is 1.90. The van der Waals surface area contributed by atoms with E-state index in [1.807, 2.05) is 0 Å². The fraction of sp³-hybridized carbons (Fsp3) is 0.286. The van der Waals surface area contributed by atoms with Crippen molar-refractivity contribution in [3.63, 3.8) is 0 Å². The van der Waals surface area contributed by atoms with Crippen LogP contribution in [0.5, 0.6) is 0 Å². The van der Waals surface area contributed by atoms with Crippen molar-refractivity contribution in [2.24, 2.45) is 10.7 Å². The third kappa shape index (κ3) is 2.68. The molecule has 2 rings (SSSR count). The zero-order valence-electron chi connectivity index (χ0n) is 11.9. The molecule has 4 nitrogen and oxygen atoms in total. The first-order chi connectivity index (χ1) is 10.0. The maximum atomic E-state index is 13.9. The molecule has 22 heavy (non-hydrogen) atoms. The van der Waals surface area contributed by atoms with Gasteiger partial charge in [-0.2, -0.15) is 0 Å². The molecule has 1 aromatic rings. The summed E-state index contributed by atoms with van der Waals surface area (Å²) in [6, 6.07) is 0. The van der Waals surface area contributed by atoms with E-state index in [-0.39, 0.29) is 0 Å². The van der Waals surface area contributed by atoms with Crippen molar-refractivity contribution in [2.75, 3.05) is 0 Å². The van der Waals surface area contributed by atoms with Gasteiger partial charge < -0.3 is 10.5 Å². The molecule has 1 heterocycles. The number of halogens is 4. The largest absolute Gasteiger partial charge is 0.457 e. The van der Waals surface area contributed by atoms with Crippen molar-refractivity contribution < 1.29 is 27.1 Å². The molecule has 8 heteroatoms. The van der Waals surface area contributed by atoms with Crippen LogP contribution in [0.2, 0.25) is 0 Å². The number of aliphatic imine (C=N–C) groups is 1. The lowest BCUT2D eigenvalue weighted by Crippen LogP contribution is -2.22. The predicted octanol–water partition coefficient (Wildman–Crippen LogP) is 2.64. The summed E-state index contributed by atoms with van der Waals surface area (Å²) in [5, 5.41) is 0. The number of hydrogen-bond donors (Lipinski definition) is 1. The molecule has 118 valence electrons. The molecular weight excluding hydrogens is 304 g/mol. The van der Waals surface area contributed by atoms with Gasteiger partial charge in [0.2, 0.25) is 0 Å². The van der Waals surface area contributed by atoms with Crippen LogP contribution in [0.4, 0.5) is 17.6 Å². The Morgan fingerprint density at radius 3 is 2.05 bits per heavy atom. The van der Waals surface area contributed by atoms with Crippen molar-refractivity contribution >= 4 is 17.5 Å². The Morgan fingerprint density at radius 2 is 1.55 bits per heavy atom. The predicted molar refractivity (Wildman–Crippen MR) is 70.8 cm³/mol. The highest BCUT2D eigenvalue weighted by atomic mass is 19.2. The zero-order valence-corrected chi connectivity index (χ0v) is 11.9. The normalized spacial score (nSPS) is 15.8. The second-order valence-corrected chi connectivity index (χ2v) is 5.57. The number of benzene rings is 1. The third-order valence-electron chi connectivity index (χ3n) is 2.68. The van der Waals surface area contributed by atoms with E-state index in [1.165, 1.54) is 0 Å². The second-order valence-electron chi connectivity index (χ2n) is 5.57. The van der Waals surface area contributed by atoms with Gasteiger partial charge in [-0.05, 0) is 20.8 Å². The molecule has 0 aromatic heterocycles. The number of carbonyl (C=O) groups is 1. The molecule has 0 atom stereocenters. The summed E-state index contributed by atoms with van der Waals surface area (Å²) >= 11 is 0. The molecule has 2 N–H and O–H groups in total. The average molecular weight is 316 g/mol. The van der Waals surface area contributed by atoms with Crippen LogP contribution in [0.15, 0.2) is 11.1 Å². The van der Waals surface area contributed by atoms with E-state index in [4.69, 9.17) is 10.5 Å². The molecule has 0 radical (unpaired) electrons. The number of ether oxygens (including phenoxy) is 1. The molecule has 0 spiro atoms. The Labute approximate surface area is 123 Å². The van der Waals surface area contributed by atoms with Gasteiger partial charge in [-0.15, -0.1) is 0 Å². The van der Waals surface area contributed by atoms with Crippen LogP contribution >= 0.6 is 0 Å². The lowest BCUT2D eigenvalue weighted by Gasteiger charge is -2.18. The molecule has 0 saturated heterocycles. The van der Waals surface area contributed by atoms with Crippen LogP contribution in [0.1, 0.15) is 31.9 Å². The smallest absolute Gasteiger partial charge is 0.333 e. The van der Waals surface area contributed by atoms with E-state index in [0.717, 1.165) is 6.08 Å². The van der Waals surface area contributed by atoms with Crippen LogP contribution in [0.25, 0.3) is 5.70 Å². The molecule has 1 aliphatic rings. The minimum atomic E-state index is -2.00. The monoisotopic (exact) mass is 316 g/mol. The third-order valence-corrected chi connectivity index (χ3v) is 2.68. The van der Waals surface area contributed by atoms with Crippen LogP contribution in [0.3, 0.4) is 0 Å². The summed E-state index contributed by atoms with van der Waals surface area (Å²) in [6.07, 6.45) is 0.740. The molecular formula is C14H12F4N2O2. The quantitative estimate of drug-likeness (QED) is 0.285. The minimum Gasteiger partial charge on any atom is -0.457 e. The highest BCUT2D eigenvalue weighted by molar-refractivity contribution is 6.11. The van der Waals surface area contributed by atoms with Crippen LogP contribution in [0, 0.1) is 23.3 Å². The van der Waals surface area contributed by atoms with E-state index >= 15 is 0 Å². The van der Waals surface area contributed by atoms with Crippen molar-refractivity contribution in [3.8, 4) is 0 Å². The Balaban J connectivity index is 2.57. The average Bonchev–Trinajstić information content (AvgIpc) is 2.68.